The Hall–Kier alpha value is -0.770. The monoisotopic (exact) mass is 201 g/mol. The molecule has 0 spiro atoms. The van der Waals surface area contributed by atoms with Crippen molar-refractivity contribution in [1.29, 1.82) is 0 Å². The second kappa shape index (κ2) is 4.64. The first-order valence-corrected chi connectivity index (χ1v) is 5.15. The Morgan fingerprint density at radius 3 is 2.71 bits per heavy atom. The molecule has 3 N–H and O–H groups in total. The van der Waals surface area contributed by atoms with Gasteiger partial charge in [-0.3, -0.25) is 0 Å². The number of aliphatic hydroxyl groups excluding tert-OH is 1. The first kappa shape index (κ1) is 11.3. The van der Waals surface area contributed by atoms with E-state index in [1.54, 1.807) is 6.92 Å². The van der Waals surface area contributed by atoms with Gasteiger partial charge in [-0.1, -0.05) is 13.3 Å². The molecule has 0 aromatic carbocycles. The summed E-state index contributed by atoms with van der Waals surface area (Å²) in [6.07, 6.45) is 1.39. The van der Waals surface area contributed by atoms with Crippen molar-refractivity contribution in [2.75, 3.05) is 0 Å². The minimum Gasteiger partial charge on any atom is -0.446 e. The average molecular weight is 201 g/mol. The number of hydrogen-bond acceptors (Lipinski definition) is 3. The molecule has 14 heavy (non-hydrogen) atoms. The van der Waals surface area contributed by atoms with Gasteiger partial charge in [-0.15, -0.1) is 0 Å². The van der Waals surface area contributed by atoms with Gasteiger partial charge in [0.1, 0.15) is 6.10 Å². The van der Waals surface area contributed by atoms with Gasteiger partial charge in [-0.25, -0.2) is 4.79 Å². The van der Waals surface area contributed by atoms with Crippen LogP contribution in [0.4, 0.5) is 4.79 Å². The number of rotatable bonds is 2. The molecule has 1 unspecified atom stereocenters. The summed E-state index contributed by atoms with van der Waals surface area (Å²) >= 11 is 0. The third-order valence-electron chi connectivity index (χ3n) is 2.99. The van der Waals surface area contributed by atoms with Gasteiger partial charge in [0, 0.05) is 5.92 Å². The van der Waals surface area contributed by atoms with Crippen LogP contribution in [0, 0.1) is 11.8 Å². The van der Waals surface area contributed by atoms with Crippen LogP contribution < -0.4 is 5.73 Å². The lowest BCUT2D eigenvalue weighted by Gasteiger charge is -2.35. The van der Waals surface area contributed by atoms with E-state index < -0.39 is 12.2 Å². The van der Waals surface area contributed by atoms with E-state index in [1.165, 1.54) is 0 Å². The lowest BCUT2D eigenvalue weighted by atomic mass is 9.78. The first-order chi connectivity index (χ1) is 6.50. The Bertz CT molecular complexity index is 206. The summed E-state index contributed by atoms with van der Waals surface area (Å²) < 4.78 is 5.01. The fraction of sp³-hybridized carbons (Fsp3) is 0.900. The smallest absolute Gasteiger partial charge is 0.404 e. The Labute approximate surface area is 84.4 Å². The minimum absolute atomic E-state index is 0.0405. The third-order valence-corrected chi connectivity index (χ3v) is 2.99. The van der Waals surface area contributed by atoms with E-state index in [1.807, 2.05) is 0 Å². The van der Waals surface area contributed by atoms with Gasteiger partial charge in [-0.05, 0) is 25.7 Å². The van der Waals surface area contributed by atoms with Crippen LogP contribution in [0.5, 0.6) is 0 Å². The lowest BCUT2D eigenvalue weighted by molar-refractivity contribution is -0.0245. The molecule has 82 valence electrons. The predicted octanol–water partition coefficient (Wildman–Crippen LogP) is 1.27. The molecule has 4 nitrogen and oxygen atoms in total. The zero-order chi connectivity index (χ0) is 10.7. The summed E-state index contributed by atoms with van der Waals surface area (Å²) in [5, 5.41) is 9.51. The number of aliphatic hydroxyl groups is 1. The van der Waals surface area contributed by atoms with E-state index in [4.69, 9.17) is 10.5 Å². The van der Waals surface area contributed by atoms with E-state index in [9.17, 15) is 9.90 Å². The zero-order valence-corrected chi connectivity index (χ0v) is 8.77. The molecule has 1 fully saturated rings. The zero-order valence-electron chi connectivity index (χ0n) is 8.77. The van der Waals surface area contributed by atoms with E-state index >= 15 is 0 Å². The van der Waals surface area contributed by atoms with Crippen molar-refractivity contribution in [2.45, 2.75) is 45.3 Å². The molecular weight excluding hydrogens is 182 g/mol. The fourth-order valence-electron chi connectivity index (χ4n) is 2.19. The highest BCUT2D eigenvalue weighted by molar-refractivity contribution is 5.64. The van der Waals surface area contributed by atoms with Crippen LogP contribution in [0.25, 0.3) is 0 Å². The molecule has 1 amide bonds. The highest BCUT2D eigenvalue weighted by Gasteiger charge is 2.33. The van der Waals surface area contributed by atoms with Gasteiger partial charge in [0.15, 0.2) is 0 Å². The second-order valence-electron chi connectivity index (χ2n) is 4.30. The summed E-state index contributed by atoms with van der Waals surface area (Å²) in [7, 11) is 0. The largest absolute Gasteiger partial charge is 0.446 e. The van der Waals surface area contributed by atoms with Gasteiger partial charge in [0.2, 0.25) is 0 Å². The molecule has 4 atom stereocenters. The van der Waals surface area contributed by atoms with Crippen molar-refractivity contribution in [2.24, 2.45) is 17.6 Å². The van der Waals surface area contributed by atoms with E-state index in [2.05, 4.69) is 6.92 Å². The van der Waals surface area contributed by atoms with Crippen LogP contribution in [-0.2, 0) is 4.74 Å². The molecule has 0 heterocycles. The Morgan fingerprint density at radius 1 is 1.57 bits per heavy atom. The Kier molecular flexibility index (Phi) is 3.75. The number of primary amides is 1. The van der Waals surface area contributed by atoms with Gasteiger partial charge in [-0.2, -0.15) is 0 Å². The molecule has 1 rings (SSSR count). The van der Waals surface area contributed by atoms with Crippen molar-refractivity contribution in [1.82, 2.24) is 0 Å². The van der Waals surface area contributed by atoms with Crippen LogP contribution in [0.3, 0.4) is 0 Å². The highest BCUT2D eigenvalue weighted by Crippen LogP contribution is 2.32. The van der Waals surface area contributed by atoms with E-state index in [0.29, 0.717) is 5.92 Å². The van der Waals surface area contributed by atoms with Crippen molar-refractivity contribution in [3.63, 3.8) is 0 Å². The van der Waals surface area contributed by atoms with Crippen molar-refractivity contribution < 1.29 is 14.6 Å². The maximum absolute atomic E-state index is 10.7. The summed E-state index contributed by atoms with van der Waals surface area (Å²) in [4.78, 5) is 10.7. The van der Waals surface area contributed by atoms with Gasteiger partial charge in [0.05, 0.1) is 6.10 Å². The molecule has 0 radical (unpaired) electrons. The topological polar surface area (TPSA) is 72.6 Å². The Morgan fingerprint density at radius 2 is 2.21 bits per heavy atom. The summed E-state index contributed by atoms with van der Waals surface area (Å²) in [6, 6.07) is 0. The summed E-state index contributed by atoms with van der Waals surface area (Å²) in [5.41, 5.74) is 4.99. The van der Waals surface area contributed by atoms with E-state index in [-0.39, 0.29) is 12.0 Å². The quantitative estimate of drug-likeness (QED) is 0.706. The number of carbonyl (C=O) groups is 1. The Balaban J connectivity index is 2.58. The van der Waals surface area contributed by atoms with Crippen molar-refractivity contribution in [3.8, 4) is 0 Å². The predicted molar refractivity (Wildman–Crippen MR) is 52.6 cm³/mol. The third kappa shape index (κ3) is 2.87. The lowest BCUT2D eigenvalue weighted by Crippen LogP contribution is -2.39. The molecule has 0 aromatic heterocycles. The van der Waals surface area contributed by atoms with Gasteiger partial charge < -0.3 is 15.6 Å². The van der Waals surface area contributed by atoms with Crippen LogP contribution >= 0.6 is 0 Å². The van der Waals surface area contributed by atoms with E-state index in [0.717, 1.165) is 19.3 Å². The molecule has 0 aromatic rings. The van der Waals surface area contributed by atoms with Crippen LogP contribution in [0.2, 0.25) is 0 Å². The second-order valence-corrected chi connectivity index (χ2v) is 4.30. The number of nitrogens with two attached hydrogens (primary N) is 1. The molecule has 4 heteroatoms. The molecule has 1 aliphatic rings. The average Bonchev–Trinajstić information content (AvgIpc) is 2.01. The molecule has 1 saturated carbocycles. The molecule has 0 saturated heterocycles. The van der Waals surface area contributed by atoms with Crippen LogP contribution in [-0.4, -0.2) is 23.4 Å². The van der Waals surface area contributed by atoms with Crippen molar-refractivity contribution >= 4 is 6.09 Å². The maximum Gasteiger partial charge on any atom is 0.404 e. The molecule has 0 bridgehead atoms. The summed E-state index contributed by atoms with van der Waals surface area (Å²) in [6.45, 7) is 3.85. The normalized spacial score (nSPS) is 34.9. The van der Waals surface area contributed by atoms with Crippen LogP contribution in [0.15, 0.2) is 0 Å². The number of ether oxygens (including phenoxy) is 1. The van der Waals surface area contributed by atoms with Gasteiger partial charge in [0.25, 0.3) is 0 Å². The minimum atomic E-state index is -0.741. The molecule has 0 aliphatic heterocycles. The standard InChI is InChI=1S/C10H19NO3/c1-6-3-4-8(7(2)12)9(5-6)14-10(11)13/h6-9,12H,3-5H2,1-2H3,(H2,11,13)/t6-,7?,8+,9-/m1/s1. The fourth-order valence-corrected chi connectivity index (χ4v) is 2.19. The first-order valence-electron chi connectivity index (χ1n) is 5.15. The number of amides is 1. The summed E-state index contributed by atoms with van der Waals surface area (Å²) in [5.74, 6) is 0.577. The maximum atomic E-state index is 10.7. The van der Waals surface area contributed by atoms with Crippen LogP contribution in [0.1, 0.15) is 33.1 Å². The number of carbonyl (C=O) groups excluding carboxylic acids is 1. The SMILES string of the molecule is CC(O)[C@@H]1CC[C@@H](C)C[C@H]1OC(N)=O. The number of hydrogen-bond donors (Lipinski definition) is 2. The molecule has 1 aliphatic carbocycles. The molecular formula is C10H19NO3. The van der Waals surface area contributed by atoms with Gasteiger partial charge >= 0.3 is 6.09 Å². The van der Waals surface area contributed by atoms with Crippen molar-refractivity contribution in [3.05, 3.63) is 0 Å². The highest BCUT2D eigenvalue weighted by atomic mass is 16.6.